The molecule has 0 bridgehead atoms. The Labute approximate surface area is 148 Å². The van der Waals surface area contributed by atoms with Crippen LogP contribution in [0.2, 0.25) is 0 Å². The maximum absolute atomic E-state index is 8.89. The summed E-state index contributed by atoms with van der Waals surface area (Å²) in [7, 11) is 0. The summed E-state index contributed by atoms with van der Waals surface area (Å²) >= 11 is 0. The zero-order valence-electron chi connectivity index (χ0n) is 12.5. The fourth-order valence-electron chi connectivity index (χ4n) is 0. The number of aliphatic carboxylic acids is 5. The fourth-order valence-corrected chi connectivity index (χ4v) is 0. The van der Waals surface area contributed by atoms with Crippen molar-refractivity contribution in [3.63, 3.8) is 0 Å². The molecule has 22 heavy (non-hydrogen) atoms. The second kappa shape index (κ2) is 36.6. The van der Waals surface area contributed by atoms with E-state index >= 15 is 0 Å². The summed E-state index contributed by atoms with van der Waals surface area (Å²) in [6.07, 6.45) is 0. The smallest absolute Gasteiger partial charge is 0.550 e. The molecule has 0 atom stereocenters. The average Bonchev–Trinajstić information content (AvgIpc) is 1.94. The molecule has 0 rings (SSSR count). The van der Waals surface area contributed by atoms with Gasteiger partial charge in [0, 0.05) is 29.8 Å². The third kappa shape index (κ3) is 2180. The van der Waals surface area contributed by atoms with E-state index in [9.17, 15) is 0 Å². The molecule has 126 valence electrons. The molecule has 0 aliphatic carbocycles. The molecule has 0 unspecified atom stereocenters. The van der Waals surface area contributed by atoms with Gasteiger partial charge in [0.05, 0.1) is 0 Å². The third-order valence-corrected chi connectivity index (χ3v) is 0. The summed E-state index contributed by atoms with van der Waals surface area (Å²) in [6, 6.07) is 0. The van der Waals surface area contributed by atoms with E-state index in [1.165, 1.54) is 0 Å². The van der Waals surface area contributed by atoms with Gasteiger partial charge in [0.15, 0.2) is 0 Å². The third-order valence-electron chi connectivity index (χ3n) is 0. The maximum atomic E-state index is 8.89. The average molecular weight is 378 g/mol. The van der Waals surface area contributed by atoms with Crippen molar-refractivity contribution in [3.8, 4) is 0 Å². The SMILES string of the molecule is CC(=O)[O-].CC(=O)[O-].CC(=O)[O-].CC(=O)[O-].CC(=O)[O-].[Al+3].[Fe+2]. The number of carbonyl (C=O) groups is 5. The van der Waals surface area contributed by atoms with Crippen LogP contribution < -0.4 is 25.5 Å². The first-order valence-corrected chi connectivity index (χ1v) is 4.54. The Hall–Kier alpha value is -1.60. The van der Waals surface area contributed by atoms with Crippen LogP contribution in [-0.4, -0.2) is 47.2 Å². The van der Waals surface area contributed by atoms with Crippen molar-refractivity contribution in [2.45, 2.75) is 34.6 Å². The van der Waals surface area contributed by atoms with Crippen LogP contribution in [0.25, 0.3) is 0 Å². The van der Waals surface area contributed by atoms with Gasteiger partial charge in [-0.1, -0.05) is 0 Å². The minimum absolute atomic E-state index is 0. The van der Waals surface area contributed by atoms with E-state index in [4.69, 9.17) is 49.5 Å². The molecule has 0 heterocycles. The first-order chi connectivity index (χ1) is 8.66. The summed E-state index contributed by atoms with van der Waals surface area (Å²) in [6.45, 7) is 4.86. The number of hydrogen-bond donors (Lipinski definition) is 0. The Morgan fingerprint density at radius 2 is 0.455 bits per heavy atom. The molecular formula is C10H15AlFeO10. The normalized spacial score (nSPS) is 5.68. The van der Waals surface area contributed by atoms with Crippen molar-refractivity contribution in [2.24, 2.45) is 0 Å². The van der Waals surface area contributed by atoms with Gasteiger partial charge >= 0.3 is 34.4 Å². The van der Waals surface area contributed by atoms with Gasteiger partial charge in [-0.05, 0) is 34.6 Å². The van der Waals surface area contributed by atoms with E-state index in [0.29, 0.717) is 0 Å². The van der Waals surface area contributed by atoms with Gasteiger partial charge in [0.25, 0.3) is 0 Å². The van der Waals surface area contributed by atoms with Gasteiger partial charge in [0.2, 0.25) is 0 Å². The van der Waals surface area contributed by atoms with E-state index in [2.05, 4.69) is 0 Å². The molecule has 0 aromatic rings. The zero-order valence-corrected chi connectivity index (χ0v) is 14.8. The quantitative estimate of drug-likeness (QED) is 0.365. The Kier molecular flexibility index (Phi) is 71.1. The number of hydrogen-bond acceptors (Lipinski definition) is 10. The molecule has 0 aliphatic heterocycles. The minimum Gasteiger partial charge on any atom is -0.550 e. The second-order valence-electron chi connectivity index (χ2n) is 2.46. The number of carbonyl (C=O) groups excluding carboxylic acids is 5. The van der Waals surface area contributed by atoms with Gasteiger partial charge in [-0.25, -0.2) is 0 Å². The van der Waals surface area contributed by atoms with Crippen LogP contribution in [0.5, 0.6) is 0 Å². The summed E-state index contributed by atoms with van der Waals surface area (Å²) < 4.78 is 0. The Bertz CT molecular complexity index is 216. The summed E-state index contributed by atoms with van der Waals surface area (Å²) in [5.41, 5.74) is 0. The van der Waals surface area contributed by atoms with E-state index in [1.54, 1.807) is 0 Å². The largest absolute Gasteiger partial charge is 3.00 e. The molecule has 0 radical (unpaired) electrons. The van der Waals surface area contributed by atoms with Gasteiger partial charge in [-0.3, -0.25) is 0 Å². The Balaban J connectivity index is -0.0000000250. The first kappa shape index (κ1) is 42.8. The molecule has 0 spiro atoms. The molecule has 0 fully saturated rings. The topological polar surface area (TPSA) is 201 Å². The monoisotopic (exact) mass is 378 g/mol. The van der Waals surface area contributed by atoms with Crippen LogP contribution in [0.1, 0.15) is 34.6 Å². The van der Waals surface area contributed by atoms with E-state index in [0.717, 1.165) is 34.6 Å². The number of carboxylic acids is 5. The number of carboxylic acid groups (broad SMARTS) is 5. The van der Waals surface area contributed by atoms with Crippen LogP contribution in [0.3, 0.4) is 0 Å². The molecule has 0 aromatic heterocycles. The minimum atomic E-state index is -1.08. The zero-order chi connectivity index (χ0) is 17.9. The van der Waals surface area contributed by atoms with E-state index in [1.807, 2.05) is 0 Å². The van der Waals surface area contributed by atoms with Crippen molar-refractivity contribution in [1.82, 2.24) is 0 Å². The standard InChI is InChI=1S/5C2H4O2.Al.Fe/c5*1-2(3)4;;/h5*1H3,(H,3,4);;/q;;;;;+3;+2/p-5. The van der Waals surface area contributed by atoms with Crippen LogP contribution in [0, 0.1) is 0 Å². The van der Waals surface area contributed by atoms with Crippen LogP contribution in [0.4, 0.5) is 0 Å². The molecule has 10 nitrogen and oxygen atoms in total. The van der Waals surface area contributed by atoms with Crippen LogP contribution >= 0.6 is 0 Å². The van der Waals surface area contributed by atoms with Crippen molar-refractivity contribution < 1.29 is 66.6 Å². The second-order valence-corrected chi connectivity index (χ2v) is 2.46. The Morgan fingerprint density at radius 1 is 0.455 bits per heavy atom. The molecule has 0 N–H and O–H groups in total. The molecule has 0 amide bonds. The Morgan fingerprint density at radius 3 is 0.455 bits per heavy atom. The maximum Gasteiger partial charge on any atom is 3.00 e. The van der Waals surface area contributed by atoms with Crippen molar-refractivity contribution in [1.29, 1.82) is 0 Å². The fraction of sp³-hybridized carbons (Fsp3) is 0.500. The van der Waals surface area contributed by atoms with Gasteiger partial charge in [-0.2, -0.15) is 0 Å². The van der Waals surface area contributed by atoms with Gasteiger partial charge in [0.1, 0.15) is 0 Å². The van der Waals surface area contributed by atoms with Crippen molar-refractivity contribution in [3.05, 3.63) is 0 Å². The van der Waals surface area contributed by atoms with Crippen molar-refractivity contribution >= 4 is 47.2 Å². The summed E-state index contributed by atoms with van der Waals surface area (Å²) in [5.74, 6) is -5.42. The van der Waals surface area contributed by atoms with Gasteiger partial charge in [-0.15, -0.1) is 0 Å². The van der Waals surface area contributed by atoms with Crippen LogP contribution in [0.15, 0.2) is 0 Å². The predicted molar refractivity (Wildman–Crippen MR) is 59.2 cm³/mol. The summed E-state index contributed by atoms with van der Waals surface area (Å²) in [5, 5.41) is 44.4. The summed E-state index contributed by atoms with van der Waals surface area (Å²) in [4.78, 5) is 44.4. The van der Waals surface area contributed by atoms with E-state index in [-0.39, 0.29) is 34.4 Å². The molecule has 0 saturated heterocycles. The molecule has 0 aliphatic rings. The first-order valence-electron chi connectivity index (χ1n) is 4.54. The van der Waals surface area contributed by atoms with Crippen LogP contribution in [-0.2, 0) is 41.0 Å². The van der Waals surface area contributed by atoms with Gasteiger partial charge < -0.3 is 49.5 Å². The predicted octanol–water partition coefficient (Wildman–Crippen LogP) is -6.60. The molecular weight excluding hydrogens is 363 g/mol. The molecule has 0 aromatic carbocycles. The van der Waals surface area contributed by atoms with Crippen molar-refractivity contribution in [2.75, 3.05) is 0 Å². The molecule has 12 heteroatoms. The van der Waals surface area contributed by atoms with E-state index < -0.39 is 29.8 Å². The number of rotatable bonds is 0. The molecule has 0 saturated carbocycles.